The fourth-order valence-corrected chi connectivity index (χ4v) is 6.89. The average molecular weight is 419 g/mol. The maximum absolute atomic E-state index is 12.9. The Hall–Kier alpha value is -1.36. The summed E-state index contributed by atoms with van der Waals surface area (Å²) in [5, 5.41) is 10.1. The van der Waals surface area contributed by atoms with Crippen molar-refractivity contribution in [3.8, 4) is 0 Å². The van der Waals surface area contributed by atoms with Crippen molar-refractivity contribution in [2.24, 2.45) is 29.6 Å². The number of carbonyl (C=O) groups is 2. The SMILES string of the molecule is CCC(OC(=O)COC(=O)C1CC2C=CC1C2O)(C1CCCCC1)C1CCCCC1. The summed E-state index contributed by atoms with van der Waals surface area (Å²) in [6.07, 6.45) is 16.8. The normalized spacial score (nSPS) is 32.3. The van der Waals surface area contributed by atoms with Gasteiger partial charge in [0.2, 0.25) is 0 Å². The first-order valence-corrected chi connectivity index (χ1v) is 12.3. The lowest BCUT2D eigenvalue weighted by atomic mass is 9.65. The zero-order chi connectivity index (χ0) is 21.1. The largest absolute Gasteiger partial charge is 0.456 e. The molecule has 4 aliphatic rings. The van der Waals surface area contributed by atoms with E-state index in [1.165, 1.54) is 38.5 Å². The lowest BCUT2D eigenvalue weighted by Gasteiger charge is -2.48. The molecule has 0 aromatic rings. The van der Waals surface area contributed by atoms with Crippen molar-refractivity contribution >= 4 is 11.9 Å². The molecule has 4 unspecified atom stereocenters. The minimum Gasteiger partial charge on any atom is -0.456 e. The molecule has 0 radical (unpaired) electrons. The third-order valence-corrected chi connectivity index (χ3v) is 8.49. The summed E-state index contributed by atoms with van der Waals surface area (Å²) in [6, 6.07) is 0. The highest BCUT2D eigenvalue weighted by Gasteiger charge is 2.49. The Labute approximate surface area is 180 Å². The Balaban J connectivity index is 1.38. The Morgan fingerprint density at radius 3 is 2.03 bits per heavy atom. The van der Waals surface area contributed by atoms with E-state index in [1.54, 1.807) is 0 Å². The maximum atomic E-state index is 12.9. The number of rotatable bonds is 7. The van der Waals surface area contributed by atoms with Crippen molar-refractivity contribution in [2.75, 3.05) is 6.61 Å². The van der Waals surface area contributed by atoms with Gasteiger partial charge in [-0.25, -0.2) is 4.79 Å². The van der Waals surface area contributed by atoms with E-state index >= 15 is 0 Å². The molecule has 4 aliphatic carbocycles. The monoisotopic (exact) mass is 418 g/mol. The Morgan fingerprint density at radius 2 is 1.57 bits per heavy atom. The molecule has 2 bridgehead atoms. The van der Waals surface area contributed by atoms with E-state index in [4.69, 9.17) is 9.47 Å². The Morgan fingerprint density at radius 1 is 0.967 bits per heavy atom. The van der Waals surface area contributed by atoms with E-state index in [-0.39, 0.29) is 30.3 Å². The van der Waals surface area contributed by atoms with Crippen LogP contribution >= 0.6 is 0 Å². The molecule has 0 aromatic carbocycles. The second-order valence-electron chi connectivity index (χ2n) is 10.0. The predicted octanol–water partition coefficient (Wildman–Crippen LogP) is 4.57. The van der Waals surface area contributed by atoms with E-state index in [0.29, 0.717) is 18.3 Å². The van der Waals surface area contributed by atoms with Crippen LogP contribution in [0.4, 0.5) is 0 Å². The Bertz CT molecular complexity index is 626. The van der Waals surface area contributed by atoms with Gasteiger partial charge in [0.15, 0.2) is 6.61 Å². The molecule has 5 heteroatoms. The summed E-state index contributed by atoms with van der Waals surface area (Å²) in [4.78, 5) is 25.4. The number of aliphatic hydroxyl groups is 1. The maximum Gasteiger partial charge on any atom is 0.344 e. The fourth-order valence-electron chi connectivity index (χ4n) is 6.89. The van der Waals surface area contributed by atoms with E-state index in [9.17, 15) is 14.7 Å². The first-order valence-electron chi connectivity index (χ1n) is 12.3. The average Bonchev–Trinajstić information content (AvgIpc) is 3.31. The van der Waals surface area contributed by atoms with Crippen LogP contribution in [0.1, 0.15) is 84.0 Å². The van der Waals surface area contributed by atoms with E-state index in [0.717, 1.165) is 32.1 Å². The van der Waals surface area contributed by atoms with Crippen LogP contribution in [0.3, 0.4) is 0 Å². The quantitative estimate of drug-likeness (QED) is 0.484. The first kappa shape index (κ1) is 21.9. The third-order valence-electron chi connectivity index (χ3n) is 8.49. The molecule has 0 spiro atoms. The van der Waals surface area contributed by atoms with Crippen LogP contribution in [-0.4, -0.2) is 35.4 Å². The van der Waals surface area contributed by atoms with E-state index < -0.39 is 17.7 Å². The molecular weight excluding hydrogens is 380 g/mol. The number of esters is 2. The van der Waals surface area contributed by atoms with Crippen LogP contribution in [0.25, 0.3) is 0 Å². The van der Waals surface area contributed by atoms with Gasteiger partial charge in [0.1, 0.15) is 5.60 Å². The van der Waals surface area contributed by atoms with Crippen molar-refractivity contribution in [1.82, 2.24) is 0 Å². The van der Waals surface area contributed by atoms with Crippen LogP contribution in [0.5, 0.6) is 0 Å². The summed E-state index contributed by atoms with van der Waals surface area (Å²) in [5.41, 5.74) is -0.407. The number of hydrogen-bond donors (Lipinski definition) is 1. The van der Waals surface area contributed by atoms with Gasteiger partial charge >= 0.3 is 11.9 Å². The van der Waals surface area contributed by atoms with Gasteiger partial charge in [-0.1, -0.05) is 57.6 Å². The molecule has 0 aromatic heterocycles. The molecule has 168 valence electrons. The van der Waals surface area contributed by atoms with Gasteiger partial charge in [0.25, 0.3) is 0 Å². The van der Waals surface area contributed by atoms with Crippen LogP contribution in [0, 0.1) is 29.6 Å². The smallest absolute Gasteiger partial charge is 0.344 e. The molecule has 5 nitrogen and oxygen atoms in total. The van der Waals surface area contributed by atoms with Gasteiger partial charge in [-0.15, -0.1) is 0 Å². The lowest BCUT2D eigenvalue weighted by molar-refractivity contribution is -0.189. The molecule has 3 fully saturated rings. The summed E-state index contributed by atoms with van der Waals surface area (Å²) in [7, 11) is 0. The number of ether oxygens (including phenoxy) is 2. The van der Waals surface area contributed by atoms with Crippen LogP contribution < -0.4 is 0 Å². The topological polar surface area (TPSA) is 72.8 Å². The second-order valence-corrected chi connectivity index (χ2v) is 10.0. The molecule has 1 N–H and O–H groups in total. The van der Waals surface area contributed by atoms with Gasteiger partial charge < -0.3 is 14.6 Å². The number of fused-ring (bicyclic) bond motifs is 2. The lowest BCUT2D eigenvalue weighted by Crippen LogP contribution is -2.50. The standard InChI is InChI=1S/C25H38O5/c1-2-25(18-9-5-3-6-10-18,19-11-7-4-8-12-19)30-22(26)16-29-24(28)21-15-17-13-14-20(21)23(17)27/h13-14,17-21,23,27H,2-12,15-16H2,1H3. The summed E-state index contributed by atoms with van der Waals surface area (Å²) in [6.45, 7) is 1.85. The first-order chi connectivity index (χ1) is 14.5. The highest BCUT2D eigenvalue weighted by molar-refractivity contribution is 5.79. The number of carbonyl (C=O) groups excluding carboxylic acids is 2. The zero-order valence-corrected chi connectivity index (χ0v) is 18.4. The van der Waals surface area contributed by atoms with Gasteiger partial charge in [0, 0.05) is 11.8 Å². The molecule has 30 heavy (non-hydrogen) atoms. The highest BCUT2D eigenvalue weighted by Crippen LogP contribution is 2.47. The zero-order valence-electron chi connectivity index (χ0n) is 18.4. The summed E-state index contributed by atoms with van der Waals surface area (Å²) < 4.78 is 11.7. The molecule has 4 rings (SSSR count). The van der Waals surface area contributed by atoms with E-state index in [1.807, 2.05) is 12.2 Å². The van der Waals surface area contributed by atoms with Crippen molar-refractivity contribution in [3.63, 3.8) is 0 Å². The van der Waals surface area contributed by atoms with Gasteiger partial charge in [-0.3, -0.25) is 4.79 Å². The molecule has 3 saturated carbocycles. The minimum absolute atomic E-state index is 0.0462. The number of aliphatic hydroxyl groups excluding tert-OH is 1. The van der Waals surface area contributed by atoms with E-state index in [2.05, 4.69) is 6.92 Å². The van der Waals surface area contributed by atoms with Crippen molar-refractivity contribution in [1.29, 1.82) is 0 Å². The molecule has 4 atom stereocenters. The van der Waals surface area contributed by atoms with Crippen LogP contribution in [-0.2, 0) is 19.1 Å². The molecular formula is C25H38O5. The molecule has 0 aliphatic heterocycles. The summed E-state index contributed by atoms with van der Waals surface area (Å²) >= 11 is 0. The predicted molar refractivity (Wildman–Crippen MR) is 113 cm³/mol. The van der Waals surface area contributed by atoms with Gasteiger partial charge in [0.05, 0.1) is 12.0 Å². The third kappa shape index (κ3) is 4.19. The second kappa shape index (κ2) is 9.42. The molecule has 0 amide bonds. The van der Waals surface area contributed by atoms with Gasteiger partial charge in [-0.05, 0) is 50.4 Å². The van der Waals surface area contributed by atoms with Crippen LogP contribution in [0.2, 0.25) is 0 Å². The minimum atomic E-state index is -0.486. The summed E-state index contributed by atoms with van der Waals surface area (Å²) in [5.74, 6) is -0.395. The highest BCUT2D eigenvalue weighted by atomic mass is 16.6. The fraction of sp³-hybridized carbons (Fsp3) is 0.840. The Kier molecular flexibility index (Phi) is 6.86. The molecule has 0 heterocycles. The van der Waals surface area contributed by atoms with Crippen molar-refractivity contribution in [2.45, 2.75) is 95.7 Å². The van der Waals surface area contributed by atoms with Crippen LogP contribution in [0.15, 0.2) is 12.2 Å². The van der Waals surface area contributed by atoms with Crippen molar-refractivity contribution in [3.05, 3.63) is 12.2 Å². The number of hydrogen-bond acceptors (Lipinski definition) is 5. The van der Waals surface area contributed by atoms with Gasteiger partial charge in [-0.2, -0.15) is 0 Å². The van der Waals surface area contributed by atoms with Crippen molar-refractivity contribution < 1.29 is 24.2 Å². The molecule has 0 saturated heterocycles.